The highest BCUT2D eigenvalue weighted by Crippen LogP contribution is 2.33. The summed E-state index contributed by atoms with van der Waals surface area (Å²) in [6.45, 7) is 0. The number of thiazole rings is 1. The molecule has 0 bridgehead atoms. The van der Waals surface area contributed by atoms with E-state index in [1.54, 1.807) is 18.2 Å². The molecule has 2 N–H and O–H groups in total. The fourth-order valence-electron chi connectivity index (χ4n) is 2.19. The molecule has 0 aliphatic rings. The summed E-state index contributed by atoms with van der Waals surface area (Å²) < 4.78 is 7.60. The number of anilines is 1. The van der Waals surface area contributed by atoms with Gasteiger partial charge in [-0.3, -0.25) is 10.1 Å². The topological polar surface area (TPSA) is 63.2 Å². The van der Waals surface area contributed by atoms with Crippen LogP contribution in [0.1, 0.15) is 10.4 Å². The van der Waals surface area contributed by atoms with Gasteiger partial charge in [0.15, 0.2) is 10.2 Å². The van der Waals surface area contributed by atoms with Crippen LogP contribution < -0.4 is 15.4 Å². The summed E-state index contributed by atoms with van der Waals surface area (Å²) in [5.74, 6) is 0.0219. The summed E-state index contributed by atoms with van der Waals surface area (Å²) in [4.78, 5) is 17.0. The van der Waals surface area contributed by atoms with Crippen LogP contribution in [0, 0.1) is 0 Å². The zero-order chi connectivity index (χ0) is 18.8. The van der Waals surface area contributed by atoms with Gasteiger partial charge < -0.3 is 10.1 Å². The molecule has 0 radical (unpaired) electrons. The number of hydrogen-bond donors (Lipinski definition) is 2. The van der Waals surface area contributed by atoms with Crippen LogP contribution >= 0.6 is 67.0 Å². The van der Waals surface area contributed by atoms with E-state index in [1.165, 1.54) is 18.4 Å². The van der Waals surface area contributed by atoms with Crippen molar-refractivity contribution < 1.29 is 9.53 Å². The minimum absolute atomic E-state index is 0.137. The van der Waals surface area contributed by atoms with Gasteiger partial charge in [0, 0.05) is 9.50 Å². The molecule has 0 unspecified atom stereocenters. The largest absolute Gasteiger partial charge is 0.495 e. The molecule has 10 heteroatoms. The SMILES string of the molecule is COc1c(Br)cc(Br)cc1C(=O)NC(=S)Nc1nc2ccc(Cl)cc2s1. The van der Waals surface area contributed by atoms with E-state index < -0.39 is 5.91 Å². The van der Waals surface area contributed by atoms with Crippen molar-refractivity contribution in [2.75, 3.05) is 12.4 Å². The van der Waals surface area contributed by atoms with Crippen molar-refractivity contribution >= 4 is 93.4 Å². The summed E-state index contributed by atoms with van der Waals surface area (Å²) in [6.07, 6.45) is 0. The van der Waals surface area contributed by atoms with Gasteiger partial charge >= 0.3 is 0 Å². The lowest BCUT2D eigenvalue weighted by Crippen LogP contribution is -2.34. The second-order valence-electron chi connectivity index (χ2n) is 5.01. The fourth-order valence-corrected chi connectivity index (χ4v) is 4.97. The lowest BCUT2D eigenvalue weighted by Gasteiger charge is -2.12. The molecule has 0 aliphatic carbocycles. The molecule has 1 amide bonds. The average molecular weight is 536 g/mol. The Morgan fingerprint density at radius 3 is 2.81 bits per heavy atom. The molecule has 5 nitrogen and oxygen atoms in total. The van der Waals surface area contributed by atoms with Gasteiger partial charge in [0.25, 0.3) is 5.91 Å². The number of amides is 1. The number of nitrogens with zero attached hydrogens (tertiary/aromatic N) is 1. The van der Waals surface area contributed by atoms with E-state index in [0.717, 1.165) is 14.7 Å². The highest BCUT2D eigenvalue weighted by atomic mass is 79.9. The average Bonchev–Trinajstić information content (AvgIpc) is 2.95. The van der Waals surface area contributed by atoms with Crippen LogP contribution in [0.2, 0.25) is 5.02 Å². The second-order valence-corrected chi connectivity index (χ2v) is 8.65. The van der Waals surface area contributed by atoms with E-state index in [-0.39, 0.29) is 5.11 Å². The van der Waals surface area contributed by atoms with E-state index in [9.17, 15) is 4.79 Å². The van der Waals surface area contributed by atoms with Crippen molar-refractivity contribution in [2.24, 2.45) is 0 Å². The predicted molar refractivity (Wildman–Crippen MR) is 117 cm³/mol. The molecule has 2 aromatic carbocycles. The van der Waals surface area contributed by atoms with E-state index in [2.05, 4.69) is 47.5 Å². The van der Waals surface area contributed by atoms with Gasteiger partial charge in [-0.2, -0.15) is 0 Å². The van der Waals surface area contributed by atoms with Gasteiger partial charge in [-0.05, 0) is 58.5 Å². The Labute approximate surface area is 180 Å². The van der Waals surface area contributed by atoms with Gasteiger partial charge in [0.2, 0.25) is 0 Å². The van der Waals surface area contributed by atoms with E-state index in [1.807, 2.05) is 12.1 Å². The third-order valence-corrected chi connectivity index (χ3v) is 5.67. The number of halogens is 3. The second kappa shape index (κ2) is 8.18. The Morgan fingerprint density at radius 2 is 2.08 bits per heavy atom. The lowest BCUT2D eigenvalue weighted by molar-refractivity contribution is 0.0974. The zero-order valence-electron chi connectivity index (χ0n) is 13.1. The molecule has 1 aromatic heterocycles. The Bertz CT molecular complexity index is 1030. The molecular formula is C16H10Br2ClN3O2S2. The maximum atomic E-state index is 12.6. The summed E-state index contributed by atoms with van der Waals surface area (Å²) >= 11 is 19.3. The first-order chi connectivity index (χ1) is 12.4. The minimum Gasteiger partial charge on any atom is -0.495 e. The van der Waals surface area contributed by atoms with Gasteiger partial charge in [-0.1, -0.05) is 38.9 Å². The van der Waals surface area contributed by atoms with Gasteiger partial charge in [-0.25, -0.2) is 4.98 Å². The number of methoxy groups -OCH3 is 1. The van der Waals surface area contributed by atoms with Crippen LogP contribution in [0.15, 0.2) is 39.3 Å². The summed E-state index contributed by atoms with van der Waals surface area (Å²) in [5.41, 5.74) is 1.14. The first kappa shape index (κ1) is 19.5. The first-order valence-electron chi connectivity index (χ1n) is 7.09. The first-order valence-corrected chi connectivity index (χ1v) is 10.3. The van der Waals surface area contributed by atoms with Gasteiger partial charge in [0.1, 0.15) is 5.75 Å². The van der Waals surface area contributed by atoms with Crippen molar-refractivity contribution in [1.82, 2.24) is 10.3 Å². The summed E-state index contributed by atoms with van der Waals surface area (Å²) in [6, 6.07) is 8.86. The molecule has 26 heavy (non-hydrogen) atoms. The number of thiocarbonyl (C=S) groups is 1. The summed E-state index contributed by atoms with van der Waals surface area (Å²) in [7, 11) is 1.49. The number of fused-ring (bicyclic) bond motifs is 1. The Kier molecular flexibility index (Phi) is 6.13. The van der Waals surface area contributed by atoms with E-state index in [0.29, 0.717) is 25.9 Å². The third kappa shape index (κ3) is 4.34. The molecule has 3 aromatic rings. The highest BCUT2D eigenvalue weighted by Gasteiger charge is 2.18. The molecule has 0 saturated heterocycles. The molecule has 0 atom stereocenters. The van der Waals surface area contributed by atoms with Crippen LogP contribution in [0.4, 0.5) is 5.13 Å². The normalized spacial score (nSPS) is 10.6. The highest BCUT2D eigenvalue weighted by molar-refractivity contribution is 9.11. The zero-order valence-corrected chi connectivity index (χ0v) is 18.7. The van der Waals surface area contributed by atoms with Crippen molar-refractivity contribution in [3.8, 4) is 5.75 Å². The minimum atomic E-state index is -0.398. The van der Waals surface area contributed by atoms with Gasteiger partial charge in [-0.15, -0.1) is 0 Å². The number of carbonyl (C=O) groups is 1. The Hall–Kier alpha value is -1.26. The number of carbonyl (C=O) groups excluding carboxylic acids is 1. The van der Waals surface area contributed by atoms with Crippen molar-refractivity contribution in [3.05, 3.63) is 49.9 Å². The van der Waals surface area contributed by atoms with Gasteiger partial charge in [0.05, 0.1) is 27.4 Å². The number of aromatic nitrogens is 1. The number of rotatable bonds is 3. The van der Waals surface area contributed by atoms with Crippen LogP contribution in [0.5, 0.6) is 5.75 Å². The summed E-state index contributed by atoms with van der Waals surface area (Å²) in [5, 5.41) is 6.88. The predicted octanol–water partition coefficient (Wildman–Crippen LogP) is 5.61. The monoisotopic (exact) mass is 533 g/mol. The van der Waals surface area contributed by atoms with Crippen molar-refractivity contribution in [3.63, 3.8) is 0 Å². The molecule has 0 spiro atoms. The quantitative estimate of drug-likeness (QED) is 0.427. The molecule has 0 aliphatic heterocycles. The van der Waals surface area contributed by atoms with Crippen molar-refractivity contribution in [1.29, 1.82) is 0 Å². The van der Waals surface area contributed by atoms with Crippen LogP contribution in [0.25, 0.3) is 10.2 Å². The molecule has 1 heterocycles. The van der Waals surface area contributed by atoms with Crippen molar-refractivity contribution in [2.45, 2.75) is 0 Å². The van der Waals surface area contributed by atoms with Crippen LogP contribution in [0.3, 0.4) is 0 Å². The van der Waals surface area contributed by atoms with Crippen LogP contribution in [-0.2, 0) is 0 Å². The van der Waals surface area contributed by atoms with E-state index in [4.69, 9.17) is 28.6 Å². The number of nitrogens with one attached hydrogen (secondary N) is 2. The third-order valence-electron chi connectivity index (χ3n) is 3.26. The number of benzene rings is 2. The smallest absolute Gasteiger partial charge is 0.261 e. The maximum absolute atomic E-state index is 12.6. The number of ether oxygens (including phenoxy) is 1. The molecule has 134 valence electrons. The molecule has 3 rings (SSSR count). The molecule has 0 saturated carbocycles. The number of hydrogen-bond acceptors (Lipinski definition) is 5. The lowest BCUT2D eigenvalue weighted by atomic mass is 10.2. The van der Waals surface area contributed by atoms with Crippen LogP contribution in [-0.4, -0.2) is 23.1 Å². The molecule has 0 fully saturated rings. The Balaban J connectivity index is 1.76. The fraction of sp³-hybridized carbons (Fsp3) is 0.0625. The standard InChI is InChI=1S/C16H10Br2ClN3O2S2/c1-24-13-9(4-7(17)5-10(13)18)14(23)21-15(25)22-16-20-11-3-2-8(19)6-12(11)26-16/h2-6H,1H3,(H2,20,21,22,23,25). The Morgan fingerprint density at radius 1 is 1.31 bits per heavy atom. The molecular weight excluding hydrogens is 526 g/mol. The van der Waals surface area contributed by atoms with E-state index >= 15 is 0 Å². The maximum Gasteiger partial charge on any atom is 0.261 e.